The van der Waals surface area contributed by atoms with E-state index in [4.69, 9.17) is 4.74 Å². The summed E-state index contributed by atoms with van der Waals surface area (Å²) in [5, 5.41) is 3.87. The van der Waals surface area contributed by atoms with E-state index in [9.17, 15) is 4.79 Å². The number of nitrogens with one attached hydrogen (secondary N) is 2. The minimum atomic E-state index is 0.0836. The van der Waals surface area contributed by atoms with Crippen LogP contribution in [-0.2, 0) is 13.1 Å². The van der Waals surface area contributed by atoms with Gasteiger partial charge in [-0.1, -0.05) is 6.07 Å². The lowest BCUT2D eigenvalue weighted by atomic mass is 10.1. The molecule has 0 bridgehead atoms. The summed E-state index contributed by atoms with van der Waals surface area (Å²) in [6, 6.07) is 9.47. The lowest BCUT2D eigenvalue weighted by Gasteiger charge is -2.22. The third-order valence-electron chi connectivity index (χ3n) is 6.35. The monoisotopic (exact) mass is 426 g/mol. The number of likely N-dealkylation sites (N-methyl/N-ethyl adjacent to an activating group) is 1. The fourth-order valence-corrected chi connectivity index (χ4v) is 5.25. The summed E-state index contributed by atoms with van der Waals surface area (Å²) in [5.74, 6) is 1.87. The second-order valence-corrected chi connectivity index (χ2v) is 9.67. The second kappa shape index (κ2) is 8.67. The van der Waals surface area contributed by atoms with Gasteiger partial charge in [-0.2, -0.15) is 11.3 Å². The molecule has 0 spiro atoms. The third-order valence-corrected chi connectivity index (χ3v) is 7.03. The summed E-state index contributed by atoms with van der Waals surface area (Å²) in [6.45, 7) is 3.65. The Hall–Kier alpha value is -1.93. The molecule has 1 saturated carbocycles. The maximum absolute atomic E-state index is 12.8. The van der Waals surface area contributed by atoms with Crippen molar-refractivity contribution in [1.82, 2.24) is 20.7 Å². The Morgan fingerprint density at radius 3 is 3.00 bits per heavy atom. The number of amides is 1. The maximum Gasteiger partial charge on any atom is 0.255 e. The SMILES string of the molecule is CN(Cc1ccc2c(c1)CN(C(=O)c1ccsc1)CCO2)CC1CC(C2CC2)NN1. The Bertz CT molecular complexity index is 883. The van der Waals surface area contributed by atoms with E-state index in [0.29, 0.717) is 31.8 Å². The molecule has 1 aromatic carbocycles. The first kappa shape index (κ1) is 20.0. The molecule has 1 aromatic heterocycles. The van der Waals surface area contributed by atoms with Crippen molar-refractivity contribution in [3.63, 3.8) is 0 Å². The second-order valence-electron chi connectivity index (χ2n) is 8.89. The van der Waals surface area contributed by atoms with E-state index in [1.54, 1.807) is 11.3 Å². The summed E-state index contributed by atoms with van der Waals surface area (Å²) in [6.07, 6.45) is 3.97. The molecule has 3 heterocycles. The Morgan fingerprint density at radius 2 is 2.20 bits per heavy atom. The molecule has 5 rings (SSSR count). The molecule has 1 aliphatic carbocycles. The number of rotatable bonds is 6. The zero-order valence-electron chi connectivity index (χ0n) is 17.5. The molecule has 1 saturated heterocycles. The van der Waals surface area contributed by atoms with Crippen molar-refractivity contribution in [2.45, 2.75) is 44.4 Å². The number of fused-ring (bicyclic) bond motifs is 1. The number of carbonyl (C=O) groups is 1. The zero-order chi connectivity index (χ0) is 20.5. The molecule has 0 radical (unpaired) electrons. The van der Waals surface area contributed by atoms with Crippen LogP contribution in [0.5, 0.6) is 5.75 Å². The molecule has 30 heavy (non-hydrogen) atoms. The van der Waals surface area contributed by atoms with Gasteiger partial charge in [0.15, 0.2) is 0 Å². The van der Waals surface area contributed by atoms with Gasteiger partial charge in [0.2, 0.25) is 0 Å². The van der Waals surface area contributed by atoms with Gasteiger partial charge in [0.1, 0.15) is 12.4 Å². The van der Waals surface area contributed by atoms with E-state index < -0.39 is 0 Å². The number of carbonyl (C=O) groups excluding carboxylic acids is 1. The van der Waals surface area contributed by atoms with E-state index >= 15 is 0 Å². The summed E-state index contributed by atoms with van der Waals surface area (Å²) < 4.78 is 5.93. The zero-order valence-corrected chi connectivity index (χ0v) is 18.3. The van der Waals surface area contributed by atoms with Crippen LogP contribution in [-0.4, -0.2) is 54.5 Å². The first-order valence-electron chi connectivity index (χ1n) is 10.9. The molecule has 2 atom stereocenters. The highest BCUT2D eigenvalue weighted by molar-refractivity contribution is 7.08. The fourth-order valence-electron chi connectivity index (χ4n) is 4.62. The first-order chi connectivity index (χ1) is 14.7. The Balaban J connectivity index is 1.21. The van der Waals surface area contributed by atoms with Crippen molar-refractivity contribution in [2.75, 3.05) is 26.7 Å². The van der Waals surface area contributed by atoms with Gasteiger partial charge in [0.05, 0.1) is 12.1 Å². The first-order valence-corrected chi connectivity index (χ1v) is 11.9. The van der Waals surface area contributed by atoms with Gasteiger partial charge in [-0.25, -0.2) is 0 Å². The topological polar surface area (TPSA) is 56.8 Å². The number of hydrogen-bond acceptors (Lipinski definition) is 6. The normalized spacial score (nSPS) is 23.9. The van der Waals surface area contributed by atoms with Crippen molar-refractivity contribution in [1.29, 1.82) is 0 Å². The highest BCUT2D eigenvalue weighted by Gasteiger charge is 2.36. The third kappa shape index (κ3) is 4.54. The van der Waals surface area contributed by atoms with Gasteiger partial charge in [-0.15, -0.1) is 0 Å². The van der Waals surface area contributed by atoms with Crippen LogP contribution >= 0.6 is 11.3 Å². The smallest absolute Gasteiger partial charge is 0.255 e. The van der Waals surface area contributed by atoms with Crippen molar-refractivity contribution < 1.29 is 9.53 Å². The molecule has 6 nitrogen and oxygen atoms in total. The van der Waals surface area contributed by atoms with Crippen molar-refractivity contribution in [3.8, 4) is 5.75 Å². The number of hydrazine groups is 1. The van der Waals surface area contributed by atoms with E-state index in [1.165, 1.54) is 24.8 Å². The molecule has 3 aliphatic rings. The van der Waals surface area contributed by atoms with Crippen LogP contribution < -0.4 is 15.6 Å². The van der Waals surface area contributed by atoms with E-state index in [-0.39, 0.29) is 5.91 Å². The summed E-state index contributed by atoms with van der Waals surface area (Å²) in [7, 11) is 2.18. The average molecular weight is 427 g/mol. The van der Waals surface area contributed by atoms with E-state index in [2.05, 4.69) is 41.0 Å². The lowest BCUT2D eigenvalue weighted by Crippen LogP contribution is -2.39. The van der Waals surface area contributed by atoms with E-state index in [0.717, 1.165) is 35.9 Å². The largest absolute Gasteiger partial charge is 0.491 e. The summed E-state index contributed by atoms with van der Waals surface area (Å²) in [5.41, 5.74) is 10.1. The fraction of sp³-hybridized carbons (Fsp3) is 0.522. The van der Waals surface area contributed by atoms with Crippen LogP contribution in [0.1, 0.15) is 40.7 Å². The lowest BCUT2D eigenvalue weighted by molar-refractivity contribution is 0.0734. The van der Waals surface area contributed by atoms with Crippen molar-refractivity contribution in [3.05, 3.63) is 51.7 Å². The predicted molar refractivity (Wildman–Crippen MR) is 119 cm³/mol. The van der Waals surface area contributed by atoms with Gasteiger partial charge >= 0.3 is 0 Å². The quantitative estimate of drug-likeness (QED) is 0.744. The number of ether oxygens (including phenoxy) is 1. The highest BCUT2D eigenvalue weighted by atomic mass is 32.1. The molecule has 1 amide bonds. The van der Waals surface area contributed by atoms with Gasteiger partial charge in [0, 0.05) is 42.7 Å². The van der Waals surface area contributed by atoms with Gasteiger partial charge in [-0.3, -0.25) is 15.6 Å². The average Bonchev–Trinajstić information content (AvgIpc) is 3.31. The number of hydrogen-bond donors (Lipinski definition) is 2. The van der Waals surface area contributed by atoms with Crippen molar-refractivity contribution in [2.24, 2.45) is 5.92 Å². The van der Waals surface area contributed by atoms with Crippen LogP contribution in [0.3, 0.4) is 0 Å². The summed E-state index contributed by atoms with van der Waals surface area (Å²) >= 11 is 1.56. The molecule has 2 fully saturated rings. The molecule has 160 valence electrons. The number of benzene rings is 1. The molecule has 2 N–H and O–H groups in total. The highest BCUT2D eigenvalue weighted by Crippen LogP contribution is 2.35. The minimum Gasteiger partial charge on any atom is -0.491 e. The van der Waals surface area contributed by atoms with Crippen molar-refractivity contribution >= 4 is 17.2 Å². The standard InChI is InChI=1S/C23H30N4O2S/c1-26(14-20-11-21(25-24-20)17-3-4-17)12-16-2-5-22-19(10-16)13-27(7-8-29-22)23(28)18-6-9-30-15-18/h2,5-6,9-10,15,17,20-21,24-25H,3-4,7-8,11-14H2,1H3. The number of thiophene rings is 1. The molecule has 7 heteroatoms. The van der Waals surface area contributed by atoms with Crippen LogP contribution in [0.15, 0.2) is 35.0 Å². The van der Waals surface area contributed by atoms with E-state index in [1.807, 2.05) is 21.7 Å². The van der Waals surface area contributed by atoms with Gasteiger partial charge < -0.3 is 14.5 Å². The summed E-state index contributed by atoms with van der Waals surface area (Å²) in [4.78, 5) is 17.1. The molecule has 2 aliphatic heterocycles. The Kier molecular flexibility index (Phi) is 5.78. The molecule has 2 unspecified atom stereocenters. The molecular formula is C23H30N4O2S. The predicted octanol–water partition coefficient (Wildman–Crippen LogP) is 2.86. The minimum absolute atomic E-state index is 0.0836. The molecular weight excluding hydrogens is 396 g/mol. The van der Waals surface area contributed by atoms with Crippen LogP contribution in [0, 0.1) is 5.92 Å². The van der Waals surface area contributed by atoms with Gasteiger partial charge in [-0.05, 0) is 61.4 Å². The van der Waals surface area contributed by atoms with Crippen LogP contribution in [0.2, 0.25) is 0 Å². The Labute approximate surface area is 182 Å². The van der Waals surface area contributed by atoms with Crippen LogP contribution in [0.4, 0.5) is 0 Å². The maximum atomic E-state index is 12.8. The van der Waals surface area contributed by atoms with Gasteiger partial charge in [0.25, 0.3) is 5.91 Å². The Morgan fingerprint density at radius 1 is 1.30 bits per heavy atom. The number of nitrogens with zero attached hydrogens (tertiary/aromatic N) is 2. The molecule has 2 aromatic rings. The van der Waals surface area contributed by atoms with Crippen LogP contribution in [0.25, 0.3) is 0 Å².